The van der Waals surface area contributed by atoms with Gasteiger partial charge in [0.15, 0.2) is 0 Å². The second-order valence-electron chi connectivity index (χ2n) is 7.17. The first-order valence-corrected chi connectivity index (χ1v) is 8.74. The highest BCUT2D eigenvalue weighted by molar-refractivity contribution is 5.49. The minimum atomic E-state index is 0.00924. The van der Waals surface area contributed by atoms with Crippen LogP contribution in [-0.4, -0.2) is 42.5 Å². The lowest BCUT2D eigenvalue weighted by molar-refractivity contribution is -0.0245. The van der Waals surface area contributed by atoms with E-state index in [0.717, 1.165) is 19.6 Å². The van der Waals surface area contributed by atoms with E-state index in [-0.39, 0.29) is 17.9 Å². The Morgan fingerprint density at radius 3 is 2.65 bits per heavy atom. The lowest BCUT2D eigenvalue weighted by Gasteiger charge is -2.34. The highest BCUT2D eigenvalue weighted by atomic mass is 16.6. The zero-order valence-corrected chi connectivity index (χ0v) is 15.0. The molecule has 1 saturated heterocycles. The molecular formula is C20H31NO2. The van der Waals surface area contributed by atoms with Crippen molar-refractivity contribution in [2.24, 2.45) is 0 Å². The Balaban J connectivity index is 1.96. The highest BCUT2D eigenvalue weighted by Gasteiger charge is 2.37. The fourth-order valence-corrected chi connectivity index (χ4v) is 2.75. The van der Waals surface area contributed by atoms with Crippen LogP contribution in [-0.2, 0) is 9.47 Å². The summed E-state index contributed by atoms with van der Waals surface area (Å²) in [5.41, 5.74) is 1.27. The largest absolute Gasteiger partial charge is 0.379 e. The van der Waals surface area contributed by atoms with Gasteiger partial charge in [-0.3, -0.25) is 4.90 Å². The maximum absolute atomic E-state index is 6.22. The molecular weight excluding hydrogens is 286 g/mol. The van der Waals surface area contributed by atoms with Gasteiger partial charge in [-0.25, -0.2) is 0 Å². The first-order chi connectivity index (χ1) is 11.0. The Kier molecular flexibility index (Phi) is 6.82. The maximum atomic E-state index is 6.22. The third-order valence-electron chi connectivity index (χ3n) is 4.10. The normalized spacial score (nSPS) is 23.0. The van der Waals surface area contributed by atoms with Crippen molar-refractivity contribution in [3.8, 4) is 0 Å². The van der Waals surface area contributed by atoms with Crippen LogP contribution in [0.15, 0.2) is 36.4 Å². The van der Waals surface area contributed by atoms with E-state index in [4.69, 9.17) is 9.47 Å². The number of hydrogen-bond acceptors (Lipinski definition) is 3. The SMILES string of the molecule is CCCCOCC1CN(C(C)(C)C)C(/C=C/c2ccccc2)O1. The second kappa shape index (κ2) is 8.62. The average Bonchev–Trinajstić information content (AvgIpc) is 2.94. The molecule has 128 valence electrons. The van der Waals surface area contributed by atoms with E-state index in [1.165, 1.54) is 12.0 Å². The van der Waals surface area contributed by atoms with Crippen molar-refractivity contribution >= 4 is 6.08 Å². The van der Waals surface area contributed by atoms with Gasteiger partial charge in [0.1, 0.15) is 6.23 Å². The van der Waals surface area contributed by atoms with Gasteiger partial charge >= 0.3 is 0 Å². The third-order valence-corrected chi connectivity index (χ3v) is 4.10. The molecule has 2 atom stereocenters. The fourth-order valence-electron chi connectivity index (χ4n) is 2.75. The molecule has 0 saturated carbocycles. The predicted molar refractivity (Wildman–Crippen MR) is 96.3 cm³/mol. The van der Waals surface area contributed by atoms with E-state index < -0.39 is 0 Å². The number of unbranched alkanes of at least 4 members (excludes halogenated alkanes) is 1. The summed E-state index contributed by atoms with van der Waals surface area (Å²) in [7, 11) is 0. The fraction of sp³-hybridized carbons (Fsp3) is 0.600. The Hall–Kier alpha value is -1.16. The summed E-state index contributed by atoms with van der Waals surface area (Å²) in [5, 5.41) is 0. The molecule has 0 radical (unpaired) electrons. The number of nitrogens with zero attached hydrogens (tertiary/aromatic N) is 1. The lowest BCUT2D eigenvalue weighted by Crippen LogP contribution is -2.44. The van der Waals surface area contributed by atoms with Crippen molar-refractivity contribution in [2.45, 2.75) is 58.4 Å². The van der Waals surface area contributed by atoms with Crippen molar-refractivity contribution in [3.05, 3.63) is 42.0 Å². The quantitative estimate of drug-likeness (QED) is 0.698. The smallest absolute Gasteiger partial charge is 0.131 e. The molecule has 1 aliphatic rings. The van der Waals surface area contributed by atoms with Crippen molar-refractivity contribution in [3.63, 3.8) is 0 Å². The number of ether oxygens (including phenoxy) is 2. The van der Waals surface area contributed by atoms with Crippen LogP contribution in [0.2, 0.25) is 0 Å². The van der Waals surface area contributed by atoms with Crippen LogP contribution in [0.5, 0.6) is 0 Å². The highest BCUT2D eigenvalue weighted by Crippen LogP contribution is 2.27. The van der Waals surface area contributed by atoms with Crippen LogP contribution in [0.1, 0.15) is 46.1 Å². The second-order valence-corrected chi connectivity index (χ2v) is 7.17. The predicted octanol–water partition coefficient (Wildman–Crippen LogP) is 4.34. The molecule has 2 unspecified atom stereocenters. The summed E-state index contributed by atoms with van der Waals surface area (Å²) in [4.78, 5) is 2.40. The van der Waals surface area contributed by atoms with Gasteiger partial charge < -0.3 is 9.47 Å². The Morgan fingerprint density at radius 2 is 2.00 bits per heavy atom. The van der Waals surface area contributed by atoms with Crippen LogP contribution in [0.3, 0.4) is 0 Å². The van der Waals surface area contributed by atoms with E-state index in [0.29, 0.717) is 6.61 Å². The summed E-state index contributed by atoms with van der Waals surface area (Å²) in [6, 6.07) is 10.4. The molecule has 1 aromatic carbocycles. The molecule has 1 heterocycles. The first-order valence-electron chi connectivity index (χ1n) is 8.74. The molecule has 23 heavy (non-hydrogen) atoms. The molecule has 0 N–H and O–H groups in total. The van der Waals surface area contributed by atoms with Crippen LogP contribution < -0.4 is 0 Å². The molecule has 0 aliphatic carbocycles. The Labute approximate surface area is 141 Å². The molecule has 0 bridgehead atoms. The number of rotatable bonds is 7. The molecule has 1 aliphatic heterocycles. The Bertz CT molecular complexity index is 478. The van der Waals surface area contributed by atoms with Crippen LogP contribution in [0.25, 0.3) is 6.08 Å². The molecule has 3 heteroatoms. The van der Waals surface area contributed by atoms with Crippen molar-refractivity contribution in [1.82, 2.24) is 4.90 Å². The zero-order chi connectivity index (χ0) is 16.7. The van der Waals surface area contributed by atoms with Gasteiger partial charge in [-0.05, 0) is 38.8 Å². The molecule has 3 nitrogen and oxygen atoms in total. The molecule has 2 rings (SSSR count). The van der Waals surface area contributed by atoms with E-state index in [1.807, 2.05) is 6.07 Å². The van der Waals surface area contributed by atoms with Crippen molar-refractivity contribution in [2.75, 3.05) is 19.8 Å². The third kappa shape index (κ3) is 5.76. The van der Waals surface area contributed by atoms with Gasteiger partial charge in [0.25, 0.3) is 0 Å². The van der Waals surface area contributed by atoms with Gasteiger partial charge in [0, 0.05) is 18.7 Å². The molecule has 0 spiro atoms. The van der Waals surface area contributed by atoms with Crippen LogP contribution >= 0.6 is 0 Å². The van der Waals surface area contributed by atoms with Gasteiger partial charge in [-0.2, -0.15) is 0 Å². The summed E-state index contributed by atoms with van der Waals surface area (Å²) in [6.45, 7) is 11.3. The zero-order valence-electron chi connectivity index (χ0n) is 15.0. The van der Waals surface area contributed by atoms with Crippen LogP contribution in [0.4, 0.5) is 0 Å². The summed E-state index contributed by atoms with van der Waals surface area (Å²) in [5.74, 6) is 0. The Morgan fingerprint density at radius 1 is 1.26 bits per heavy atom. The van der Waals surface area contributed by atoms with Crippen LogP contribution in [0, 0.1) is 0 Å². The van der Waals surface area contributed by atoms with Gasteiger partial charge in [0.2, 0.25) is 0 Å². The van der Waals surface area contributed by atoms with Gasteiger partial charge in [-0.15, -0.1) is 0 Å². The molecule has 0 aromatic heterocycles. The van der Waals surface area contributed by atoms with E-state index in [2.05, 4.69) is 69.0 Å². The molecule has 0 amide bonds. The molecule has 1 aromatic rings. The minimum absolute atomic E-state index is 0.00924. The first kappa shape index (κ1) is 18.2. The van der Waals surface area contributed by atoms with E-state index in [1.54, 1.807) is 0 Å². The van der Waals surface area contributed by atoms with E-state index in [9.17, 15) is 0 Å². The standard InChI is InChI=1S/C20H31NO2/c1-5-6-14-22-16-18-15-21(20(2,3)4)19(23-18)13-12-17-10-8-7-9-11-17/h7-13,18-19H,5-6,14-16H2,1-4H3/b13-12+. The number of benzene rings is 1. The van der Waals surface area contributed by atoms with E-state index >= 15 is 0 Å². The van der Waals surface area contributed by atoms with Crippen molar-refractivity contribution in [1.29, 1.82) is 0 Å². The van der Waals surface area contributed by atoms with Gasteiger partial charge in [-0.1, -0.05) is 49.8 Å². The average molecular weight is 317 g/mol. The summed E-state index contributed by atoms with van der Waals surface area (Å²) < 4.78 is 12.0. The topological polar surface area (TPSA) is 21.7 Å². The summed E-state index contributed by atoms with van der Waals surface area (Å²) in [6.07, 6.45) is 6.75. The minimum Gasteiger partial charge on any atom is -0.379 e. The molecule has 1 fully saturated rings. The van der Waals surface area contributed by atoms with Crippen molar-refractivity contribution < 1.29 is 9.47 Å². The summed E-state index contributed by atoms with van der Waals surface area (Å²) >= 11 is 0. The maximum Gasteiger partial charge on any atom is 0.131 e. The number of hydrogen-bond donors (Lipinski definition) is 0. The monoisotopic (exact) mass is 317 g/mol. The lowest BCUT2D eigenvalue weighted by atomic mass is 10.1. The van der Waals surface area contributed by atoms with Gasteiger partial charge in [0.05, 0.1) is 12.7 Å².